The van der Waals surface area contributed by atoms with Crippen LogP contribution in [0.5, 0.6) is 0 Å². The van der Waals surface area contributed by atoms with Crippen LogP contribution in [-0.4, -0.2) is 29.5 Å². The fraction of sp³-hybridized carbons (Fsp3) is 0.643. The maximum atomic E-state index is 12.1. The second kappa shape index (κ2) is 5.39. The van der Waals surface area contributed by atoms with E-state index in [1.807, 2.05) is 6.07 Å². The van der Waals surface area contributed by atoms with E-state index in [-0.39, 0.29) is 5.91 Å². The smallest absolute Gasteiger partial charge is 0.269 e. The van der Waals surface area contributed by atoms with Crippen molar-refractivity contribution in [1.82, 2.24) is 9.47 Å². The zero-order valence-corrected chi connectivity index (χ0v) is 11.8. The molecule has 0 aromatic carbocycles. The first-order chi connectivity index (χ1) is 7.84. The van der Waals surface area contributed by atoms with Crippen LogP contribution in [0.3, 0.4) is 0 Å². The molecule has 96 valence electrons. The first-order valence-corrected chi connectivity index (χ1v) is 6.25. The van der Waals surface area contributed by atoms with Gasteiger partial charge < -0.3 is 9.47 Å². The lowest BCUT2D eigenvalue weighted by molar-refractivity contribution is 0.0816. The minimum absolute atomic E-state index is 0.0811. The van der Waals surface area contributed by atoms with Crippen molar-refractivity contribution in [3.63, 3.8) is 0 Å². The van der Waals surface area contributed by atoms with Crippen LogP contribution < -0.4 is 0 Å². The summed E-state index contributed by atoms with van der Waals surface area (Å²) in [5.41, 5.74) is 2.04. The van der Waals surface area contributed by atoms with Crippen molar-refractivity contribution in [1.29, 1.82) is 0 Å². The van der Waals surface area contributed by atoms with E-state index in [1.54, 1.807) is 19.0 Å². The summed E-state index contributed by atoms with van der Waals surface area (Å²) in [6, 6.07) is 4.02. The van der Waals surface area contributed by atoms with Crippen LogP contribution in [0, 0.1) is 5.92 Å². The fourth-order valence-corrected chi connectivity index (χ4v) is 1.97. The summed E-state index contributed by atoms with van der Waals surface area (Å²) in [6.07, 6.45) is 0. The molecule has 0 aliphatic rings. The average molecular weight is 236 g/mol. The van der Waals surface area contributed by atoms with Crippen molar-refractivity contribution < 1.29 is 4.79 Å². The van der Waals surface area contributed by atoms with Gasteiger partial charge in [-0.2, -0.15) is 0 Å². The van der Waals surface area contributed by atoms with Crippen molar-refractivity contribution in [3.05, 3.63) is 23.5 Å². The second-order valence-electron chi connectivity index (χ2n) is 5.50. The molecule has 0 unspecified atom stereocenters. The van der Waals surface area contributed by atoms with E-state index in [4.69, 9.17) is 0 Å². The van der Waals surface area contributed by atoms with Crippen LogP contribution in [0.1, 0.15) is 49.8 Å². The van der Waals surface area contributed by atoms with Gasteiger partial charge >= 0.3 is 0 Å². The van der Waals surface area contributed by atoms with Crippen LogP contribution in [0.25, 0.3) is 0 Å². The minimum Gasteiger partial charge on any atom is -0.343 e. The molecule has 0 N–H and O–H groups in total. The van der Waals surface area contributed by atoms with Crippen molar-refractivity contribution in [2.45, 2.75) is 40.2 Å². The molecule has 1 aromatic heterocycles. The standard InChI is InChI=1S/C14H24N2O/c1-10(2)9-16-12(11(3)4)7-8-13(16)14(17)15(5)6/h7-8,10-11H,9H2,1-6H3. The Bertz CT molecular complexity index is 389. The molecule has 17 heavy (non-hydrogen) atoms. The molecule has 3 nitrogen and oxygen atoms in total. The van der Waals surface area contributed by atoms with Gasteiger partial charge in [0, 0.05) is 26.3 Å². The number of nitrogens with zero attached hydrogens (tertiary/aromatic N) is 2. The Labute approximate surface area is 104 Å². The molecule has 3 heteroatoms. The van der Waals surface area contributed by atoms with Gasteiger partial charge in [0.1, 0.15) is 5.69 Å². The van der Waals surface area contributed by atoms with Crippen LogP contribution in [0.15, 0.2) is 12.1 Å². The number of carbonyl (C=O) groups is 1. The van der Waals surface area contributed by atoms with Gasteiger partial charge in [-0.05, 0) is 24.0 Å². The molecule has 1 amide bonds. The zero-order chi connectivity index (χ0) is 13.2. The van der Waals surface area contributed by atoms with E-state index in [2.05, 4.69) is 38.3 Å². The van der Waals surface area contributed by atoms with Gasteiger partial charge in [-0.3, -0.25) is 4.79 Å². The van der Waals surface area contributed by atoms with Gasteiger partial charge in [0.05, 0.1) is 0 Å². The number of amides is 1. The minimum atomic E-state index is 0.0811. The van der Waals surface area contributed by atoms with Crippen LogP contribution in [0.4, 0.5) is 0 Å². The van der Waals surface area contributed by atoms with Gasteiger partial charge in [0.25, 0.3) is 5.91 Å². The van der Waals surface area contributed by atoms with Crippen LogP contribution in [-0.2, 0) is 6.54 Å². The molecule has 0 atom stereocenters. The highest BCUT2D eigenvalue weighted by atomic mass is 16.2. The lowest BCUT2D eigenvalue weighted by Gasteiger charge is -2.19. The van der Waals surface area contributed by atoms with E-state index in [0.717, 1.165) is 12.2 Å². The van der Waals surface area contributed by atoms with Crippen molar-refractivity contribution in [2.24, 2.45) is 5.92 Å². The van der Waals surface area contributed by atoms with E-state index in [0.29, 0.717) is 11.8 Å². The van der Waals surface area contributed by atoms with Gasteiger partial charge in [-0.15, -0.1) is 0 Å². The molecule has 0 saturated heterocycles. The summed E-state index contributed by atoms with van der Waals surface area (Å²) in [6.45, 7) is 9.57. The predicted molar refractivity (Wildman–Crippen MR) is 71.4 cm³/mol. The number of rotatable bonds is 4. The van der Waals surface area contributed by atoms with E-state index < -0.39 is 0 Å². The quantitative estimate of drug-likeness (QED) is 0.789. The van der Waals surface area contributed by atoms with E-state index in [9.17, 15) is 4.79 Å². The number of hydrogen-bond donors (Lipinski definition) is 0. The molecule has 1 aromatic rings. The van der Waals surface area contributed by atoms with Crippen molar-refractivity contribution >= 4 is 5.91 Å². The van der Waals surface area contributed by atoms with Crippen molar-refractivity contribution in [2.75, 3.05) is 14.1 Å². The Morgan fingerprint density at radius 1 is 1.24 bits per heavy atom. The average Bonchev–Trinajstić information content (AvgIpc) is 2.59. The lowest BCUT2D eigenvalue weighted by atomic mass is 10.1. The molecule has 0 bridgehead atoms. The number of aromatic nitrogens is 1. The highest BCUT2D eigenvalue weighted by Gasteiger charge is 2.18. The van der Waals surface area contributed by atoms with Gasteiger partial charge in [-0.1, -0.05) is 27.7 Å². The highest BCUT2D eigenvalue weighted by Crippen LogP contribution is 2.20. The molecule has 0 radical (unpaired) electrons. The molecular weight excluding hydrogens is 212 g/mol. The molecule has 0 fully saturated rings. The maximum absolute atomic E-state index is 12.1. The van der Waals surface area contributed by atoms with Gasteiger partial charge in [0.2, 0.25) is 0 Å². The summed E-state index contributed by atoms with van der Waals surface area (Å²) in [5.74, 6) is 1.06. The molecular formula is C14H24N2O. The Morgan fingerprint density at radius 2 is 1.82 bits per heavy atom. The fourth-order valence-electron chi connectivity index (χ4n) is 1.97. The summed E-state index contributed by atoms with van der Waals surface area (Å²) in [5, 5.41) is 0. The Balaban J connectivity index is 3.17. The van der Waals surface area contributed by atoms with Gasteiger partial charge in [-0.25, -0.2) is 0 Å². The molecule has 0 spiro atoms. The second-order valence-corrected chi connectivity index (χ2v) is 5.50. The van der Waals surface area contributed by atoms with Crippen LogP contribution >= 0.6 is 0 Å². The highest BCUT2D eigenvalue weighted by molar-refractivity contribution is 5.92. The Hall–Kier alpha value is -1.25. The maximum Gasteiger partial charge on any atom is 0.269 e. The summed E-state index contributed by atoms with van der Waals surface area (Å²) in [7, 11) is 3.59. The molecule has 1 rings (SSSR count). The monoisotopic (exact) mass is 236 g/mol. The normalized spacial score (nSPS) is 11.3. The number of carbonyl (C=O) groups excluding carboxylic acids is 1. The van der Waals surface area contributed by atoms with Crippen LogP contribution in [0.2, 0.25) is 0 Å². The van der Waals surface area contributed by atoms with Gasteiger partial charge in [0.15, 0.2) is 0 Å². The molecule has 0 saturated carbocycles. The summed E-state index contributed by atoms with van der Waals surface area (Å²) in [4.78, 5) is 13.7. The lowest BCUT2D eigenvalue weighted by Crippen LogP contribution is -2.26. The third-order valence-corrected chi connectivity index (χ3v) is 2.78. The third-order valence-electron chi connectivity index (χ3n) is 2.78. The summed E-state index contributed by atoms with van der Waals surface area (Å²) >= 11 is 0. The summed E-state index contributed by atoms with van der Waals surface area (Å²) < 4.78 is 2.16. The van der Waals surface area contributed by atoms with Crippen molar-refractivity contribution in [3.8, 4) is 0 Å². The molecule has 0 aliphatic carbocycles. The first kappa shape index (κ1) is 13.8. The zero-order valence-electron chi connectivity index (χ0n) is 11.8. The SMILES string of the molecule is CC(C)Cn1c(C(=O)N(C)C)ccc1C(C)C. The predicted octanol–water partition coefficient (Wildman–Crippen LogP) is 2.97. The Kier molecular flexibility index (Phi) is 4.38. The topological polar surface area (TPSA) is 25.2 Å². The van der Waals surface area contributed by atoms with E-state index in [1.165, 1.54) is 5.69 Å². The largest absolute Gasteiger partial charge is 0.343 e. The Morgan fingerprint density at radius 3 is 2.24 bits per heavy atom. The first-order valence-electron chi connectivity index (χ1n) is 6.25. The third kappa shape index (κ3) is 3.11. The molecule has 0 aliphatic heterocycles. The molecule has 1 heterocycles. The number of hydrogen-bond acceptors (Lipinski definition) is 1. The van der Waals surface area contributed by atoms with E-state index >= 15 is 0 Å².